The van der Waals surface area contributed by atoms with E-state index in [-0.39, 0.29) is 28.8 Å². The maximum Gasteiger partial charge on any atom is 0.169 e. The minimum absolute atomic E-state index is 0.0373. The normalized spacial score (nSPS) is 34.5. The number of Topliss-reactive ketones (excluding diaryl/α,β-unsaturated/α-hetero) is 1. The number of allylic oxidation sites excluding steroid dienone is 2. The average molecular weight is 522 g/mol. The summed E-state index contributed by atoms with van der Waals surface area (Å²) in [7, 11) is 1.99. The van der Waals surface area contributed by atoms with Gasteiger partial charge in [-0.15, -0.1) is 0 Å². The number of benzene rings is 1. The number of nitrogens with one attached hydrogen (secondary N) is 1. The fourth-order valence-corrected chi connectivity index (χ4v) is 8.47. The van der Waals surface area contributed by atoms with Crippen molar-refractivity contribution in [3.8, 4) is 0 Å². The lowest BCUT2D eigenvalue weighted by molar-refractivity contribution is -0.121. The largest absolute Gasteiger partial charge is 0.393 e. The minimum Gasteiger partial charge on any atom is -0.393 e. The second-order valence-electron chi connectivity index (χ2n) is 11.8. The summed E-state index contributed by atoms with van der Waals surface area (Å²) in [5.41, 5.74) is 2.90. The number of fused-ring (bicyclic) bond motifs is 4. The van der Waals surface area contributed by atoms with Gasteiger partial charge in [-0.2, -0.15) is 0 Å². The maximum absolute atomic E-state index is 13.4. The topological polar surface area (TPSA) is 96.0 Å². The predicted molar refractivity (Wildman–Crippen MR) is 148 cm³/mol. The number of ketones is 2. The third kappa shape index (κ3) is 4.85. The number of hydrogen-bond acceptors (Lipinski definition) is 6. The molecule has 6 nitrogen and oxygen atoms in total. The first-order valence-electron chi connectivity index (χ1n) is 13.7. The lowest BCUT2D eigenvalue weighted by Gasteiger charge is -2.53. The summed E-state index contributed by atoms with van der Waals surface area (Å²) in [6.07, 6.45) is 8.18. The summed E-state index contributed by atoms with van der Waals surface area (Å²) in [6, 6.07) is 8.02. The highest BCUT2D eigenvalue weighted by Crippen LogP contribution is 2.57. The van der Waals surface area contributed by atoms with Crippen LogP contribution in [0.15, 0.2) is 41.1 Å². The first-order chi connectivity index (χ1) is 17.7. The molecule has 2 fully saturated rings. The lowest BCUT2D eigenvalue weighted by Crippen LogP contribution is -2.50. The van der Waals surface area contributed by atoms with Crippen LogP contribution in [-0.4, -0.2) is 44.3 Å². The Bertz CT molecular complexity index is 1240. The van der Waals surface area contributed by atoms with Crippen LogP contribution in [-0.2, 0) is 16.6 Å². The van der Waals surface area contributed by atoms with E-state index in [1.807, 2.05) is 31.3 Å². The van der Waals surface area contributed by atoms with Crippen LogP contribution >= 0.6 is 11.8 Å². The molecule has 2 aromatic rings. The molecule has 0 aliphatic heterocycles. The Morgan fingerprint density at radius 1 is 1.24 bits per heavy atom. The van der Waals surface area contributed by atoms with Crippen LogP contribution in [0.4, 0.5) is 0 Å². The minimum atomic E-state index is -0.512. The Morgan fingerprint density at radius 2 is 2.00 bits per heavy atom. The number of nitrogens with zero attached hydrogens (tertiary/aromatic N) is 2. The average Bonchev–Trinajstić information content (AvgIpc) is 3.23. The SMILES string of the molecule is CC1CCC(C(=O)CSc2nc3ccccc3n2C)CCC(O)C2C1CCC1=CC(=O)C(C=N)CC12C. The number of aliphatic hydroxyl groups is 1. The van der Waals surface area contributed by atoms with Crippen LogP contribution in [0.25, 0.3) is 11.0 Å². The Labute approximate surface area is 223 Å². The molecule has 1 aromatic heterocycles. The van der Waals surface area contributed by atoms with Gasteiger partial charge >= 0.3 is 0 Å². The van der Waals surface area contributed by atoms with Crippen molar-refractivity contribution in [2.24, 2.45) is 42.1 Å². The second kappa shape index (κ2) is 10.5. The fourth-order valence-electron chi connectivity index (χ4n) is 7.51. The number of rotatable bonds is 5. The van der Waals surface area contributed by atoms with E-state index >= 15 is 0 Å². The van der Waals surface area contributed by atoms with Crippen molar-refractivity contribution in [2.75, 3.05) is 5.75 Å². The van der Waals surface area contributed by atoms with Crippen molar-refractivity contribution in [1.29, 1.82) is 5.41 Å². The van der Waals surface area contributed by atoms with Crippen LogP contribution in [0.5, 0.6) is 0 Å². The van der Waals surface area contributed by atoms with Crippen LogP contribution < -0.4 is 0 Å². The Hall–Kier alpha value is -2.25. The van der Waals surface area contributed by atoms with Gasteiger partial charge in [-0.05, 0) is 86.3 Å². The number of aliphatic hydroxyl groups excluding tert-OH is 1. The first kappa shape index (κ1) is 26.4. The standard InChI is InChI=1S/C30H39N3O3S/c1-18-8-9-19(27(36)17-37-29-32-23-6-4-5-7-24(23)33(29)3)10-13-25(34)28-22(18)12-11-21-14-26(35)20(16-31)15-30(21,28)2/h4-7,14,16,18-20,22,25,28,31,34H,8-13,15,17H2,1-3H3. The molecule has 1 aromatic carbocycles. The van der Waals surface area contributed by atoms with E-state index in [0.29, 0.717) is 36.9 Å². The van der Waals surface area contributed by atoms with Crippen LogP contribution in [0.3, 0.4) is 0 Å². The summed E-state index contributed by atoms with van der Waals surface area (Å²) >= 11 is 1.51. The maximum atomic E-state index is 13.4. The first-order valence-corrected chi connectivity index (χ1v) is 14.7. The van der Waals surface area contributed by atoms with Crippen molar-refractivity contribution in [2.45, 2.75) is 70.1 Å². The molecule has 5 rings (SSSR count). The van der Waals surface area contributed by atoms with Crippen molar-refractivity contribution in [1.82, 2.24) is 9.55 Å². The molecule has 198 valence electrons. The molecule has 0 bridgehead atoms. The summed E-state index contributed by atoms with van der Waals surface area (Å²) in [6.45, 7) is 4.49. The van der Waals surface area contributed by atoms with Crippen molar-refractivity contribution < 1.29 is 14.7 Å². The molecule has 1 heterocycles. The quantitative estimate of drug-likeness (QED) is 0.393. The molecule has 7 atom stereocenters. The van der Waals surface area contributed by atoms with E-state index < -0.39 is 12.0 Å². The zero-order valence-corrected chi connectivity index (χ0v) is 23.0. The van der Waals surface area contributed by atoms with Crippen molar-refractivity contribution in [3.05, 3.63) is 35.9 Å². The molecule has 2 saturated carbocycles. The third-order valence-corrected chi connectivity index (χ3v) is 10.7. The molecule has 3 aliphatic rings. The highest BCUT2D eigenvalue weighted by molar-refractivity contribution is 7.99. The number of hydrogen-bond donors (Lipinski definition) is 2. The van der Waals surface area contributed by atoms with Crippen LogP contribution in [0, 0.1) is 40.4 Å². The monoisotopic (exact) mass is 521 g/mol. The van der Waals surface area contributed by atoms with Gasteiger partial charge in [0.2, 0.25) is 0 Å². The van der Waals surface area contributed by atoms with E-state index in [1.165, 1.54) is 18.0 Å². The Morgan fingerprint density at radius 3 is 2.76 bits per heavy atom. The van der Waals surface area contributed by atoms with Crippen LogP contribution in [0.1, 0.15) is 58.8 Å². The highest BCUT2D eigenvalue weighted by atomic mass is 32.2. The van der Waals surface area contributed by atoms with Gasteiger partial charge < -0.3 is 15.1 Å². The molecular weight excluding hydrogens is 482 g/mol. The van der Waals surface area contributed by atoms with Gasteiger partial charge in [0.25, 0.3) is 0 Å². The molecule has 0 spiro atoms. The molecule has 0 amide bonds. The number of carbonyl (C=O) groups is 2. The zero-order chi connectivity index (χ0) is 26.3. The molecule has 37 heavy (non-hydrogen) atoms. The predicted octanol–water partition coefficient (Wildman–Crippen LogP) is 5.62. The Balaban J connectivity index is 1.31. The smallest absolute Gasteiger partial charge is 0.169 e. The van der Waals surface area contributed by atoms with Gasteiger partial charge in [0, 0.05) is 19.2 Å². The van der Waals surface area contributed by atoms with E-state index in [9.17, 15) is 14.7 Å². The van der Waals surface area contributed by atoms with E-state index in [4.69, 9.17) is 10.4 Å². The van der Waals surface area contributed by atoms with E-state index in [0.717, 1.165) is 47.4 Å². The lowest BCUT2D eigenvalue weighted by atomic mass is 9.51. The molecule has 3 aliphatic carbocycles. The third-order valence-electron chi connectivity index (χ3n) is 9.68. The molecule has 0 radical (unpaired) electrons. The molecule has 7 heteroatoms. The van der Waals surface area contributed by atoms with Gasteiger partial charge in [-0.25, -0.2) is 4.98 Å². The molecule has 2 N–H and O–H groups in total. The van der Waals surface area contributed by atoms with Gasteiger partial charge in [0.1, 0.15) is 5.78 Å². The summed E-state index contributed by atoms with van der Waals surface area (Å²) in [5, 5.41) is 20.3. The Kier molecular flexibility index (Phi) is 7.47. The van der Waals surface area contributed by atoms with Gasteiger partial charge in [0.05, 0.1) is 28.8 Å². The second-order valence-corrected chi connectivity index (χ2v) is 12.7. The number of thioether (sulfide) groups is 1. The van der Waals surface area contributed by atoms with E-state index in [1.54, 1.807) is 6.08 Å². The highest BCUT2D eigenvalue weighted by Gasteiger charge is 2.52. The van der Waals surface area contributed by atoms with Gasteiger partial charge in [0.15, 0.2) is 10.9 Å². The van der Waals surface area contributed by atoms with Crippen LogP contribution in [0.2, 0.25) is 0 Å². The summed E-state index contributed by atoms with van der Waals surface area (Å²) in [5.74, 6) is 1.06. The summed E-state index contributed by atoms with van der Waals surface area (Å²) in [4.78, 5) is 30.6. The van der Waals surface area contributed by atoms with E-state index in [2.05, 4.69) is 18.4 Å². The molecular formula is C30H39N3O3S. The number of imidazole rings is 1. The number of carbonyl (C=O) groups excluding carboxylic acids is 2. The number of aromatic nitrogens is 2. The summed E-state index contributed by atoms with van der Waals surface area (Å²) < 4.78 is 2.05. The number of aryl methyl sites for hydroxylation is 1. The molecule has 0 saturated heterocycles. The zero-order valence-electron chi connectivity index (χ0n) is 22.2. The van der Waals surface area contributed by atoms with Gasteiger partial charge in [-0.1, -0.05) is 43.3 Å². The van der Waals surface area contributed by atoms with Crippen molar-refractivity contribution in [3.63, 3.8) is 0 Å². The van der Waals surface area contributed by atoms with Crippen molar-refractivity contribution >= 4 is 40.6 Å². The van der Waals surface area contributed by atoms with Gasteiger partial charge in [-0.3, -0.25) is 9.59 Å². The molecule has 7 unspecified atom stereocenters. The fraction of sp³-hybridized carbons (Fsp3) is 0.600. The number of para-hydroxylation sites is 2.